The second-order valence-electron chi connectivity index (χ2n) is 12.6. The molecule has 4 N–H and O–H groups in total. The van der Waals surface area contributed by atoms with Crippen LogP contribution in [0.4, 0.5) is 11.4 Å². The van der Waals surface area contributed by atoms with Crippen LogP contribution in [-0.2, 0) is 23.7 Å². The summed E-state index contributed by atoms with van der Waals surface area (Å²) in [5.74, 6) is 3.17. The topological polar surface area (TPSA) is 70.5 Å². The third-order valence-corrected chi connectivity index (χ3v) is 8.84. The Morgan fingerprint density at radius 1 is 0.535 bits per heavy atom. The zero-order valence-corrected chi connectivity index (χ0v) is 25.3. The molecule has 43 heavy (non-hydrogen) atoms. The van der Waals surface area contributed by atoms with Crippen LogP contribution in [0, 0.1) is 0 Å². The van der Waals surface area contributed by atoms with E-state index >= 15 is 0 Å². The van der Waals surface area contributed by atoms with Crippen molar-refractivity contribution in [1.29, 1.82) is 0 Å². The molecule has 4 nitrogen and oxygen atoms in total. The minimum Gasteiger partial charge on any atom is -0.457 e. The van der Waals surface area contributed by atoms with Gasteiger partial charge in [0.1, 0.15) is 23.0 Å². The van der Waals surface area contributed by atoms with Gasteiger partial charge in [-0.3, -0.25) is 0 Å². The second-order valence-corrected chi connectivity index (χ2v) is 12.6. The van der Waals surface area contributed by atoms with E-state index in [0.29, 0.717) is 0 Å². The maximum atomic E-state index is 6.17. The molecule has 0 saturated heterocycles. The van der Waals surface area contributed by atoms with E-state index < -0.39 is 0 Å². The average molecular weight is 569 g/mol. The number of ether oxygens (including phenoxy) is 2. The van der Waals surface area contributed by atoms with Crippen molar-refractivity contribution in [2.45, 2.75) is 57.3 Å². The van der Waals surface area contributed by atoms with Crippen molar-refractivity contribution >= 4 is 11.4 Å². The van der Waals surface area contributed by atoms with E-state index in [-0.39, 0.29) is 10.8 Å². The Bertz CT molecular complexity index is 1680. The first-order chi connectivity index (χ1) is 20.7. The van der Waals surface area contributed by atoms with Gasteiger partial charge in [0.25, 0.3) is 0 Å². The van der Waals surface area contributed by atoms with Crippen LogP contribution in [0.1, 0.15) is 61.4 Å². The van der Waals surface area contributed by atoms with Gasteiger partial charge in [-0.05, 0) is 132 Å². The Kier molecular flexibility index (Phi) is 7.62. The predicted octanol–water partition coefficient (Wildman–Crippen LogP) is 9.60. The lowest BCUT2D eigenvalue weighted by Crippen LogP contribution is -2.23. The average Bonchev–Trinajstić information content (AvgIpc) is 3.56. The summed E-state index contributed by atoms with van der Waals surface area (Å²) >= 11 is 0. The Morgan fingerprint density at radius 3 is 1.53 bits per heavy atom. The summed E-state index contributed by atoms with van der Waals surface area (Å²) in [5, 5.41) is 0. The summed E-state index contributed by atoms with van der Waals surface area (Å²) in [5.41, 5.74) is 20.0. The lowest BCUT2D eigenvalue weighted by Gasteiger charge is -2.28. The van der Waals surface area contributed by atoms with E-state index in [0.717, 1.165) is 40.8 Å². The van der Waals surface area contributed by atoms with Crippen LogP contribution < -0.4 is 20.9 Å². The highest BCUT2D eigenvalue weighted by molar-refractivity contribution is 5.55. The van der Waals surface area contributed by atoms with E-state index in [1.54, 1.807) is 11.1 Å². The first-order valence-corrected chi connectivity index (χ1v) is 15.1. The zero-order chi connectivity index (χ0) is 30.0. The van der Waals surface area contributed by atoms with Crippen molar-refractivity contribution in [3.8, 4) is 23.0 Å². The normalized spacial score (nSPS) is 17.7. The van der Waals surface area contributed by atoms with Crippen LogP contribution in [-0.4, -0.2) is 0 Å². The maximum Gasteiger partial charge on any atom is 0.127 e. The van der Waals surface area contributed by atoms with E-state index in [1.165, 1.54) is 36.0 Å². The van der Waals surface area contributed by atoms with Gasteiger partial charge in [0.2, 0.25) is 0 Å². The SMILES string of the molecule is CC1(C)CC(C)(c2ccc(Oc3ccc(N)cc3)cc2)c2cc(Oc3ccc(N)cc3)ccc21.c1ccc2c(c1)CCC2. The third kappa shape index (κ3) is 6.10. The van der Waals surface area contributed by atoms with Gasteiger partial charge in [-0.15, -0.1) is 0 Å². The van der Waals surface area contributed by atoms with Crippen LogP contribution in [0.2, 0.25) is 0 Å². The van der Waals surface area contributed by atoms with Crippen molar-refractivity contribution in [3.05, 3.63) is 143 Å². The van der Waals surface area contributed by atoms with Crippen molar-refractivity contribution in [3.63, 3.8) is 0 Å². The largest absolute Gasteiger partial charge is 0.457 e. The van der Waals surface area contributed by atoms with E-state index in [2.05, 4.69) is 75.4 Å². The standard InChI is InChI=1S/C30H30N2O2.C9H10/c1-29(2)19-30(3,20-4-10-23(11-5-20)33-24-12-6-21(31)7-13-24)28-18-26(16-17-27(28)29)34-25-14-8-22(32)9-15-25;1-2-5-9-7-3-6-8(9)4-1/h4-18H,19,31-32H2,1-3H3;1-2,4-5H,3,6-7H2. The Balaban J connectivity index is 0.000000310. The molecule has 0 aromatic heterocycles. The fraction of sp³-hybridized carbons (Fsp3) is 0.231. The number of nitrogens with two attached hydrogens (primary N) is 2. The van der Waals surface area contributed by atoms with Crippen LogP contribution in [0.25, 0.3) is 0 Å². The quantitative estimate of drug-likeness (QED) is 0.207. The second kappa shape index (κ2) is 11.5. The minimum atomic E-state index is -0.140. The van der Waals surface area contributed by atoms with Gasteiger partial charge in [-0.25, -0.2) is 0 Å². The fourth-order valence-electron chi connectivity index (χ4n) is 6.71. The van der Waals surface area contributed by atoms with Gasteiger partial charge >= 0.3 is 0 Å². The van der Waals surface area contributed by atoms with Crippen molar-refractivity contribution in [2.24, 2.45) is 0 Å². The molecule has 0 bridgehead atoms. The summed E-state index contributed by atoms with van der Waals surface area (Å²) in [6.45, 7) is 6.95. The molecule has 0 saturated carbocycles. The first kappa shape index (κ1) is 28.4. The number of anilines is 2. The van der Waals surface area contributed by atoms with E-state index in [1.807, 2.05) is 60.7 Å². The molecule has 2 aliphatic rings. The molecule has 0 radical (unpaired) electrons. The first-order valence-electron chi connectivity index (χ1n) is 15.1. The molecular formula is C39H40N2O2. The highest BCUT2D eigenvalue weighted by Gasteiger charge is 2.45. The molecule has 1 unspecified atom stereocenters. The molecule has 0 heterocycles. The summed E-state index contributed by atoms with van der Waals surface area (Å²) in [6, 6.07) is 38.6. The van der Waals surface area contributed by atoms with Gasteiger partial charge in [0.15, 0.2) is 0 Å². The molecule has 1 atom stereocenters. The number of hydrogen-bond donors (Lipinski definition) is 2. The molecule has 5 aromatic rings. The minimum absolute atomic E-state index is 0.0585. The Hall–Kier alpha value is -4.70. The number of benzene rings is 5. The fourth-order valence-corrected chi connectivity index (χ4v) is 6.71. The number of hydrogen-bond acceptors (Lipinski definition) is 4. The summed E-state index contributed by atoms with van der Waals surface area (Å²) in [4.78, 5) is 0. The predicted molar refractivity (Wildman–Crippen MR) is 177 cm³/mol. The molecule has 5 aromatic carbocycles. The van der Waals surface area contributed by atoms with Gasteiger partial charge in [0.05, 0.1) is 0 Å². The zero-order valence-electron chi connectivity index (χ0n) is 25.3. The molecule has 2 aliphatic carbocycles. The maximum absolute atomic E-state index is 6.17. The van der Waals surface area contributed by atoms with Crippen molar-refractivity contribution in [2.75, 3.05) is 11.5 Å². The van der Waals surface area contributed by atoms with Gasteiger partial charge in [0, 0.05) is 16.8 Å². The van der Waals surface area contributed by atoms with Crippen molar-refractivity contribution < 1.29 is 9.47 Å². The van der Waals surface area contributed by atoms with E-state index in [9.17, 15) is 0 Å². The summed E-state index contributed by atoms with van der Waals surface area (Å²) in [7, 11) is 0. The number of aryl methyl sites for hydroxylation is 2. The van der Waals surface area contributed by atoms with Gasteiger partial charge in [-0.1, -0.05) is 63.2 Å². The Labute approximate surface area is 255 Å². The van der Waals surface area contributed by atoms with Gasteiger partial charge < -0.3 is 20.9 Å². The van der Waals surface area contributed by atoms with Crippen molar-refractivity contribution in [1.82, 2.24) is 0 Å². The monoisotopic (exact) mass is 568 g/mol. The molecule has 0 fully saturated rings. The molecule has 0 amide bonds. The Morgan fingerprint density at radius 2 is 1.00 bits per heavy atom. The van der Waals surface area contributed by atoms with Gasteiger partial charge in [-0.2, -0.15) is 0 Å². The highest BCUT2D eigenvalue weighted by atomic mass is 16.5. The van der Waals surface area contributed by atoms with Crippen LogP contribution in [0.3, 0.4) is 0 Å². The molecule has 4 heteroatoms. The lowest BCUT2D eigenvalue weighted by molar-refractivity contribution is 0.423. The molecule has 218 valence electrons. The lowest BCUT2D eigenvalue weighted by atomic mass is 9.75. The summed E-state index contributed by atoms with van der Waals surface area (Å²) < 4.78 is 12.2. The molecule has 0 spiro atoms. The molecule has 7 rings (SSSR count). The smallest absolute Gasteiger partial charge is 0.127 e. The molecule has 0 aliphatic heterocycles. The number of fused-ring (bicyclic) bond motifs is 2. The number of nitrogen functional groups attached to an aromatic ring is 2. The van der Waals surface area contributed by atoms with Crippen LogP contribution >= 0.6 is 0 Å². The number of rotatable bonds is 5. The third-order valence-electron chi connectivity index (χ3n) is 8.84. The van der Waals surface area contributed by atoms with Crippen LogP contribution in [0.5, 0.6) is 23.0 Å². The summed E-state index contributed by atoms with van der Waals surface area (Å²) in [6.07, 6.45) is 4.98. The molecular weight excluding hydrogens is 528 g/mol. The van der Waals surface area contributed by atoms with E-state index in [4.69, 9.17) is 20.9 Å². The highest BCUT2D eigenvalue weighted by Crippen LogP contribution is 2.53. The van der Waals surface area contributed by atoms with Crippen LogP contribution in [0.15, 0.2) is 115 Å².